The van der Waals surface area contributed by atoms with Crippen molar-refractivity contribution in [2.75, 3.05) is 5.32 Å². The van der Waals surface area contributed by atoms with Gasteiger partial charge < -0.3 is 10.4 Å². The highest BCUT2D eigenvalue weighted by atomic mass is 32.1. The number of rotatable bonds is 4. The van der Waals surface area contributed by atoms with Crippen LogP contribution in [0.3, 0.4) is 0 Å². The number of nitrogens with one attached hydrogen (secondary N) is 1. The lowest BCUT2D eigenvalue weighted by molar-refractivity contribution is -0.115. The summed E-state index contributed by atoms with van der Waals surface area (Å²) in [6, 6.07) is 8.78. The summed E-state index contributed by atoms with van der Waals surface area (Å²) in [6.45, 7) is 1.71. The Bertz CT molecular complexity index is 605. The van der Waals surface area contributed by atoms with Crippen LogP contribution in [0.1, 0.15) is 20.8 Å². The van der Waals surface area contributed by atoms with Gasteiger partial charge in [-0.05, 0) is 30.0 Å². The van der Waals surface area contributed by atoms with Gasteiger partial charge in [-0.15, -0.1) is 11.3 Å². The van der Waals surface area contributed by atoms with E-state index in [1.54, 1.807) is 25.1 Å². The van der Waals surface area contributed by atoms with E-state index in [1.165, 1.54) is 11.3 Å². The van der Waals surface area contributed by atoms with E-state index in [9.17, 15) is 9.59 Å². The molecular formula is C14H13NO3S. The van der Waals surface area contributed by atoms with Crippen molar-refractivity contribution in [2.45, 2.75) is 13.3 Å². The van der Waals surface area contributed by atoms with Gasteiger partial charge in [0, 0.05) is 4.88 Å². The van der Waals surface area contributed by atoms with Crippen LogP contribution in [-0.2, 0) is 11.2 Å². The number of amides is 1. The van der Waals surface area contributed by atoms with Gasteiger partial charge in [0.15, 0.2) is 0 Å². The van der Waals surface area contributed by atoms with Crippen LogP contribution in [0.2, 0.25) is 0 Å². The molecule has 2 N–H and O–H groups in total. The number of hydrogen-bond donors (Lipinski definition) is 2. The Morgan fingerprint density at radius 3 is 2.68 bits per heavy atom. The van der Waals surface area contributed by atoms with Gasteiger partial charge in [0.25, 0.3) is 0 Å². The summed E-state index contributed by atoms with van der Waals surface area (Å²) in [7, 11) is 0. The molecule has 1 aromatic heterocycles. The number of aryl methyl sites for hydroxylation is 1. The first-order chi connectivity index (χ1) is 9.08. The monoisotopic (exact) mass is 275 g/mol. The highest BCUT2D eigenvalue weighted by Gasteiger charge is 2.15. The van der Waals surface area contributed by atoms with Gasteiger partial charge in [-0.1, -0.05) is 18.2 Å². The number of hydrogen-bond acceptors (Lipinski definition) is 3. The Hall–Kier alpha value is -2.14. The van der Waals surface area contributed by atoms with Crippen LogP contribution in [0.5, 0.6) is 0 Å². The van der Waals surface area contributed by atoms with Crippen LogP contribution in [0.4, 0.5) is 5.69 Å². The van der Waals surface area contributed by atoms with Crippen molar-refractivity contribution in [3.8, 4) is 0 Å². The third-order valence-electron chi connectivity index (χ3n) is 2.68. The maximum atomic E-state index is 11.9. The van der Waals surface area contributed by atoms with Crippen LogP contribution in [-0.4, -0.2) is 17.0 Å². The molecule has 0 saturated heterocycles. The maximum absolute atomic E-state index is 11.9. The maximum Gasteiger partial charge on any atom is 0.338 e. The quantitative estimate of drug-likeness (QED) is 0.901. The van der Waals surface area contributed by atoms with E-state index in [-0.39, 0.29) is 17.9 Å². The lowest BCUT2D eigenvalue weighted by Gasteiger charge is -2.10. The molecule has 2 aromatic rings. The second-order valence-corrected chi connectivity index (χ2v) is 5.14. The predicted molar refractivity (Wildman–Crippen MR) is 74.8 cm³/mol. The Morgan fingerprint density at radius 1 is 1.26 bits per heavy atom. The third kappa shape index (κ3) is 3.20. The molecule has 0 bridgehead atoms. The second kappa shape index (κ2) is 5.67. The molecule has 4 nitrogen and oxygen atoms in total. The number of benzene rings is 1. The molecule has 1 aromatic carbocycles. The summed E-state index contributed by atoms with van der Waals surface area (Å²) in [4.78, 5) is 24.0. The van der Waals surface area contributed by atoms with Gasteiger partial charge in [-0.3, -0.25) is 4.79 Å². The highest BCUT2D eigenvalue weighted by Crippen LogP contribution is 2.20. The lowest BCUT2D eigenvalue weighted by atomic mass is 10.1. The minimum atomic E-state index is -1.04. The van der Waals surface area contributed by atoms with E-state index in [2.05, 4.69) is 5.32 Å². The van der Waals surface area contributed by atoms with Crippen LogP contribution in [0.25, 0.3) is 0 Å². The minimum absolute atomic E-state index is 0.141. The number of carboxylic acids is 1. The normalized spacial score (nSPS) is 10.2. The SMILES string of the molecule is Cc1cccc(NC(=O)Cc2cccs2)c1C(=O)O. The molecule has 2 rings (SSSR count). The molecule has 0 unspecified atom stereocenters. The summed E-state index contributed by atoms with van der Waals surface area (Å²) in [5, 5.41) is 13.7. The number of aromatic carboxylic acids is 1. The number of carbonyl (C=O) groups is 2. The third-order valence-corrected chi connectivity index (χ3v) is 3.55. The van der Waals surface area contributed by atoms with Crippen molar-refractivity contribution < 1.29 is 14.7 Å². The first-order valence-electron chi connectivity index (χ1n) is 5.73. The molecular weight excluding hydrogens is 262 g/mol. The van der Waals surface area contributed by atoms with Gasteiger partial charge in [-0.2, -0.15) is 0 Å². The Balaban J connectivity index is 2.17. The van der Waals surface area contributed by atoms with Crippen LogP contribution >= 0.6 is 11.3 Å². The number of anilines is 1. The molecule has 0 fully saturated rings. The molecule has 1 amide bonds. The van der Waals surface area contributed by atoms with Crippen molar-refractivity contribution in [1.82, 2.24) is 0 Å². The van der Waals surface area contributed by atoms with Gasteiger partial charge in [0.1, 0.15) is 0 Å². The molecule has 1 heterocycles. The molecule has 0 saturated carbocycles. The molecule has 0 spiro atoms. The summed E-state index contributed by atoms with van der Waals surface area (Å²) < 4.78 is 0. The van der Waals surface area contributed by atoms with Crippen molar-refractivity contribution in [3.63, 3.8) is 0 Å². The highest BCUT2D eigenvalue weighted by molar-refractivity contribution is 7.10. The zero-order valence-corrected chi connectivity index (χ0v) is 11.2. The molecule has 98 valence electrons. The minimum Gasteiger partial charge on any atom is -0.478 e. The molecule has 5 heteroatoms. The van der Waals surface area contributed by atoms with Gasteiger partial charge in [0.2, 0.25) is 5.91 Å². The zero-order valence-electron chi connectivity index (χ0n) is 10.3. The molecule has 0 aliphatic heterocycles. The topological polar surface area (TPSA) is 66.4 Å². The van der Waals surface area contributed by atoms with Crippen LogP contribution in [0.15, 0.2) is 35.7 Å². The van der Waals surface area contributed by atoms with Crippen molar-refractivity contribution in [2.24, 2.45) is 0 Å². The second-order valence-electron chi connectivity index (χ2n) is 4.11. The molecule has 0 aliphatic carbocycles. The molecule has 0 atom stereocenters. The summed E-state index contributed by atoms with van der Waals surface area (Å²) >= 11 is 1.50. The average Bonchev–Trinajstić information content (AvgIpc) is 2.81. The van der Waals surface area contributed by atoms with Gasteiger partial charge in [-0.25, -0.2) is 4.79 Å². The van der Waals surface area contributed by atoms with E-state index < -0.39 is 5.97 Å². The van der Waals surface area contributed by atoms with Gasteiger partial charge >= 0.3 is 5.97 Å². The Morgan fingerprint density at radius 2 is 2.05 bits per heavy atom. The summed E-state index contributed by atoms with van der Waals surface area (Å²) in [5.74, 6) is -1.25. The molecule has 19 heavy (non-hydrogen) atoms. The fourth-order valence-corrected chi connectivity index (χ4v) is 2.53. The predicted octanol–water partition coefficient (Wildman–Crippen LogP) is 2.94. The van der Waals surface area contributed by atoms with Crippen molar-refractivity contribution in [3.05, 3.63) is 51.7 Å². The van der Waals surface area contributed by atoms with Crippen molar-refractivity contribution >= 4 is 28.9 Å². The van der Waals surface area contributed by atoms with E-state index in [1.807, 2.05) is 17.5 Å². The lowest BCUT2D eigenvalue weighted by Crippen LogP contribution is -2.16. The molecule has 0 aliphatic rings. The first-order valence-corrected chi connectivity index (χ1v) is 6.61. The number of carbonyl (C=O) groups excluding carboxylic acids is 1. The van der Waals surface area contributed by atoms with E-state index >= 15 is 0 Å². The van der Waals surface area contributed by atoms with E-state index in [4.69, 9.17) is 5.11 Å². The number of carboxylic acid groups (broad SMARTS) is 1. The van der Waals surface area contributed by atoms with E-state index in [0.717, 1.165) is 4.88 Å². The largest absolute Gasteiger partial charge is 0.478 e. The molecule has 0 radical (unpaired) electrons. The summed E-state index contributed by atoms with van der Waals surface area (Å²) in [5.41, 5.74) is 1.11. The smallest absolute Gasteiger partial charge is 0.338 e. The fourth-order valence-electron chi connectivity index (χ4n) is 1.82. The van der Waals surface area contributed by atoms with Crippen molar-refractivity contribution in [1.29, 1.82) is 0 Å². The fraction of sp³-hybridized carbons (Fsp3) is 0.143. The van der Waals surface area contributed by atoms with Gasteiger partial charge in [0.05, 0.1) is 17.7 Å². The first kappa shape index (κ1) is 13.3. The van der Waals surface area contributed by atoms with Crippen LogP contribution < -0.4 is 5.32 Å². The summed E-state index contributed by atoms with van der Waals surface area (Å²) in [6.07, 6.45) is 0.255. The zero-order chi connectivity index (χ0) is 13.8. The number of thiophene rings is 1. The standard InChI is InChI=1S/C14H13NO3S/c1-9-4-2-6-11(13(9)14(17)18)15-12(16)8-10-5-3-7-19-10/h2-7H,8H2,1H3,(H,15,16)(H,17,18). The Kier molecular flexibility index (Phi) is 3.97. The van der Waals surface area contributed by atoms with E-state index in [0.29, 0.717) is 11.3 Å². The van der Waals surface area contributed by atoms with Crippen LogP contribution in [0, 0.1) is 6.92 Å². The Labute approximate surface area is 114 Å². The average molecular weight is 275 g/mol.